The minimum absolute atomic E-state index is 0.00375. The highest BCUT2D eigenvalue weighted by Gasteiger charge is 2.35. The zero-order chi connectivity index (χ0) is 24.9. The van der Waals surface area contributed by atoms with Crippen LogP contribution in [0.5, 0.6) is 11.5 Å². The zero-order valence-corrected chi connectivity index (χ0v) is 20.6. The number of imidazole rings is 1. The van der Waals surface area contributed by atoms with E-state index in [1.807, 2.05) is 71.6 Å². The monoisotopic (exact) mass is 481 g/mol. The van der Waals surface area contributed by atoms with Gasteiger partial charge in [0, 0.05) is 25.4 Å². The van der Waals surface area contributed by atoms with Crippen molar-refractivity contribution < 1.29 is 14.3 Å². The lowest BCUT2D eigenvalue weighted by Gasteiger charge is -2.20. The second kappa shape index (κ2) is 10.7. The van der Waals surface area contributed by atoms with E-state index in [0.717, 1.165) is 53.2 Å². The smallest absolute Gasteiger partial charge is 0.227 e. The number of methoxy groups -OCH3 is 1. The number of carbonyl (C=O) groups excluding carboxylic acids is 1. The van der Waals surface area contributed by atoms with Crippen LogP contribution in [0.3, 0.4) is 0 Å². The third kappa shape index (κ3) is 4.71. The quantitative estimate of drug-likeness (QED) is 0.213. The Bertz CT molecular complexity index is 1380. The van der Waals surface area contributed by atoms with Gasteiger partial charge in [-0.15, -0.1) is 6.58 Å². The Morgan fingerprint density at radius 1 is 1.03 bits per heavy atom. The van der Waals surface area contributed by atoms with E-state index in [1.165, 1.54) is 0 Å². The normalized spacial score (nSPS) is 15.4. The molecule has 0 radical (unpaired) electrons. The molecule has 0 spiro atoms. The first-order chi connectivity index (χ1) is 17.7. The second-order valence-corrected chi connectivity index (χ2v) is 8.99. The summed E-state index contributed by atoms with van der Waals surface area (Å²) >= 11 is 0. The second-order valence-electron chi connectivity index (χ2n) is 8.99. The number of anilines is 1. The molecule has 6 heteroatoms. The van der Waals surface area contributed by atoms with E-state index in [4.69, 9.17) is 14.5 Å². The summed E-state index contributed by atoms with van der Waals surface area (Å²) < 4.78 is 13.9. The maximum atomic E-state index is 13.1. The fourth-order valence-electron chi connectivity index (χ4n) is 4.98. The maximum absolute atomic E-state index is 13.1. The number of aromatic nitrogens is 2. The van der Waals surface area contributed by atoms with Crippen molar-refractivity contribution >= 4 is 22.6 Å². The molecule has 3 aromatic carbocycles. The van der Waals surface area contributed by atoms with Gasteiger partial charge in [-0.1, -0.05) is 48.5 Å². The summed E-state index contributed by atoms with van der Waals surface area (Å²) in [6, 6.07) is 23.9. The van der Waals surface area contributed by atoms with E-state index in [1.54, 1.807) is 7.11 Å². The molecule has 5 rings (SSSR count). The Morgan fingerprint density at radius 2 is 1.78 bits per heavy atom. The number of ether oxygens (including phenoxy) is 2. The molecule has 0 aliphatic carbocycles. The number of aryl methyl sites for hydroxylation is 1. The van der Waals surface area contributed by atoms with Crippen molar-refractivity contribution in [3.8, 4) is 11.5 Å². The van der Waals surface area contributed by atoms with Crippen molar-refractivity contribution in [2.45, 2.75) is 31.7 Å². The molecule has 1 aliphatic rings. The first kappa shape index (κ1) is 23.7. The van der Waals surface area contributed by atoms with E-state index in [0.29, 0.717) is 25.3 Å². The molecule has 0 bridgehead atoms. The van der Waals surface area contributed by atoms with Crippen molar-refractivity contribution in [3.63, 3.8) is 0 Å². The third-order valence-electron chi connectivity index (χ3n) is 6.67. The summed E-state index contributed by atoms with van der Waals surface area (Å²) in [6.07, 6.45) is 3.92. The summed E-state index contributed by atoms with van der Waals surface area (Å²) in [6.45, 7) is 5.78. The Kier molecular flexibility index (Phi) is 7.03. The molecule has 1 aliphatic heterocycles. The molecule has 184 valence electrons. The van der Waals surface area contributed by atoms with Gasteiger partial charge in [-0.2, -0.15) is 0 Å². The van der Waals surface area contributed by atoms with Gasteiger partial charge in [0.15, 0.2) is 0 Å². The predicted molar refractivity (Wildman–Crippen MR) is 143 cm³/mol. The summed E-state index contributed by atoms with van der Waals surface area (Å²) in [5, 5.41) is 0. The highest BCUT2D eigenvalue weighted by Crippen LogP contribution is 2.37. The van der Waals surface area contributed by atoms with Gasteiger partial charge in [0.2, 0.25) is 5.91 Å². The molecule has 6 nitrogen and oxygen atoms in total. The Morgan fingerprint density at radius 3 is 2.61 bits per heavy atom. The minimum Gasteiger partial charge on any atom is -0.495 e. The van der Waals surface area contributed by atoms with Gasteiger partial charge in [0.25, 0.3) is 0 Å². The molecule has 1 saturated heterocycles. The van der Waals surface area contributed by atoms with Gasteiger partial charge in [-0.05, 0) is 48.7 Å². The number of rotatable bonds is 10. The topological polar surface area (TPSA) is 56.6 Å². The molecule has 1 atom stereocenters. The number of para-hydroxylation sites is 5. The van der Waals surface area contributed by atoms with Crippen LogP contribution in [0.15, 0.2) is 85.5 Å². The highest BCUT2D eigenvalue weighted by atomic mass is 16.5. The van der Waals surface area contributed by atoms with Gasteiger partial charge in [0.05, 0.1) is 30.4 Å². The van der Waals surface area contributed by atoms with Crippen LogP contribution in [0, 0.1) is 0 Å². The highest BCUT2D eigenvalue weighted by molar-refractivity contribution is 5.97. The summed E-state index contributed by atoms with van der Waals surface area (Å²) in [5.74, 6) is 2.65. The maximum Gasteiger partial charge on any atom is 0.227 e. The van der Waals surface area contributed by atoms with Crippen molar-refractivity contribution in [2.75, 3.05) is 25.2 Å². The summed E-state index contributed by atoms with van der Waals surface area (Å²) in [5.41, 5.74) is 3.99. The standard InChI is InChI=1S/C30H31N3O3/c1-3-11-22-12-4-8-16-27(22)36-19-10-18-32-25-14-6-5-13-24(25)31-30(32)23-20-29(34)33(21-23)26-15-7-9-17-28(26)35-2/h3-9,12-17,23H,1,10-11,18-21H2,2H3. The number of hydrogen-bond donors (Lipinski definition) is 0. The molecule has 1 unspecified atom stereocenters. The predicted octanol–water partition coefficient (Wildman–Crippen LogP) is 5.76. The number of carbonyl (C=O) groups is 1. The molecule has 2 heterocycles. The fraction of sp³-hybridized carbons (Fsp3) is 0.267. The molecular formula is C30H31N3O3. The van der Waals surface area contributed by atoms with Crippen molar-refractivity contribution in [2.24, 2.45) is 0 Å². The van der Waals surface area contributed by atoms with E-state index in [9.17, 15) is 4.79 Å². The number of allylic oxidation sites excluding steroid dienone is 1. The van der Waals surface area contributed by atoms with Crippen LogP contribution < -0.4 is 14.4 Å². The SMILES string of the molecule is C=CCc1ccccc1OCCCn1c(C2CC(=O)N(c3ccccc3OC)C2)nc2ccccc21. The van der Waals surface area contributed by atoms with Crippen LogP contribution in [0.1, 0.15) is 30.1 Å². The van der Waals surface area contributed by atoms with Crippen LogP contribution in [0.4, 0.5) is 5.69 Å². The van der Waals surface area contributed by atoms with Gasteiger partial charge in [0.1, 0.15) is 17.3 Å². The van der Waals surface area contributed by atoms with Crippen LogP contribution in [0.25, 0.3) is 11.0 Å². The molecule has 0 N–H and O–H groups in total. The number of fused-ring (bicyclic) bond motifs is 1. The van der Waals surface area contributed by atoms with Gasteiger partial charge < -0.3 is 18.9 Å². The van der Waals surface area contributed by atoms with Gasteiger partial charge in [-0.3, -0.25) is 4.79 Å². The number of benzene rings is 3. The lowest BCUT2D eigenvalue weighted by molar-refractivity contribution is -0.117. The van der Waals surface area contributed by atoms with Gasteiger partial charge in [-0.25, -0.2) is 4.98 Å². The fourth-order valence-corrected chi connectivity index (χ4v) is 4.98. The molecular weight excluding hydrogens is 450 g/mol. The number of nitrogens with zero attached hydrogens (tertiary/aromatic N) is 3. The van der Waals surface area contributed by atoms with Crippen LogP contribution >= 0.6 is 0 Å². The molecule has 1 aromatic heterocycles. The average molecular weight is 482 g/mol. The van der Waals surface area contributed by atoms with Crippen molar-refractivity contribution in [1.29, 1.82) is 0 Å². The van der Waals surface area contributed by atoms with E-state index >= 15 is 0 Å². The zero-order valence-electron chi connectivity index (χ0n) is 20.6. The Labute approximate surface area is 211 Å². The van der Waals surface area contributed by atoms with E-state index < -0.39 is 0 Å². The largest absolute Gasteiger partial charge is 0.495 e. The molecule has 36 heavy (non-hydrogen) atoms. The summed E-state index contributed by atoms with van der Waals surface area (Å²) in [4.78, 5) is 19.9. The molecule has 1 amide bonds. The van der Waals surface area contributed by atoms with Crippen LogP contribution in [-0.4, -0.2) is 35.7 Å². The first-order valence-electron chi connectivity index (χ1n) is 12.4. The van der Waals surface area contributed by atoms with Gasteiger partial charge >= 0.3 is 0 Å². The van der Waals surface area contributed by atoms with Crippen molar-refractivity contribution in [3.05, 3.63) is 96.8 Å². The Balaban J connectivity index is 1.35. The summed E-state index contributed by atoms with van der Waals surface area (Å²) in [7, 11) is 1.63. The lowest BCUT2D eigenvalue weighted by Crippen LogP contribution is -2.25. The minimum atomic E-state index is 0.00375. The van der Waals surface area contributed by atoms with Crippen LogP contribution in [0.2, 0.25) is 0 Å². The van der Waals surface area contributed by atoms with E-state index in [2.05, 4.69) is 23.3 Å². The molecule has 1 fully saturated rings. The third-order valence-corrected chi connectivity index (χ3v) is 6.67. The Hall–Kier alpha value is -4.06. The average Bonchev–Trinajstić information content (AvgIpc) is 3.48. The first-order valence-corrected chi connectivity index (χ1v) is 12.4. The van der Waals surface area contributed by atoms with E-state index in [-0.39, 0.29) is 11.8 Å². The molecule has 4 aromatic rings. The van der Waals surface area contributed by atoms with Crippen molar-refractivity contribution in [1.82, 2.24) is 9.55 Å². The number of amides is 1. The molecule has 0 saturated carbocycles. The lowest BCUT2D eigenvalue weighted by atomic mass is 10.1. The van der Waals surface area contributed by atoms with Crippen LogP contribution in [-0.2, 0) is 17.8 Å². The number of hydrogen-bond acceptors (Lipinski definition) is 4.